The van der Waals surface area contributed by atoms with Gasteiger partial charge in [0.05, 0.1) is 18.1 Å². The van der Waals surface area contributed by atoms with E-state index in [4.69, 9.17) is 4.98 Å². The normalized spacial score (nSPS) is 17.6. The number of hydrogen-bond acceptors (Lipinski definition) is 5. The molecule has 0 aliphatic carbocycles. The van der Waals surface area contributed by atoms with Crippen molar-refractivity contribution in [3.05, 3.63) is 65.9 Å². The first-order valence-corrected chi connectivity index (χ1v) is 10.1. The first-order chi connectivity index (χ1) is 13.7. The van der Waals surface area contributed by atoms with Gasteiger partial charge in [-0.25, -0.2) is 4.98 Å². The zero-order valence-electron chi connectivity index (χ0n) is 16.7. The Morgan fingerprint density at radius 1 is 1.18 bits per heavy atom. The van der Waals surface area contributed by atoms with E-state index in [-0.39, 0.29) is 0 Å². The van der Waals surface area contributed by atoms with Gasteiger partial charge in [-0.05, 0) is 57.0 Å². The van der Waals surface area contributed by atoms with Crippen LogP contribution in [0.15, 0.2) is 49.1 Å². The third-order valence-electron chi connectivity index (χ3n) is 5.40. The number of pyridine rings is 2. The average Bonchev–Trinajstić information content (AvgIpc) is 3.18. The number of rotatable bonds is 6. The van der Waals surface area contributed by atoms with Crippen LogP contribution in [-0.4, -0.2) is 37.7 Å². The predicted octanol–water partition coefficient (Wildman–Crippen LogP) is 4.12. The van der Waals surface area contributed by atoms with Gasteiger partial charge in [0.2, 0.25) is 0 Å². The van der Waals surface area contributed by atoms with E-state index in [0.717, 1.165) is 43.2 Å². The Morgan fingerprint density at radius 2 is 2.11 bits per heavy atom. The van der Waals surface area contributed by atoms with Gasteiger partial charge in [-0.3, -0.25) is 14.6 Å². The van der Waals surface area contributed by atoms with Crippen LogP contribution in [0.3, 0.4) is 0 Å². The Hall–Kier alpha value is -2.73. The molecule has 0 amide bonds. The van der Waals surface area contributed by atoms with Crippen molar-refractivity contribution < 1.29 is 0 Å². The summed E-state index contributed by atoms with van der Waals surface area (Å²) in [4.78, 5) is 11.7. The third-order valence-corrected chi connectivity index (χ3v) is 5.40. The van der Waals surface area contributed by atoms with E-state index in [2.05, 4.69) is 58.5 Å². The van der Waals surface area contributed by atoms with Crippen molar-refractivity contribution in [3.8, 4) is 0 Å². The SMILES string of the molecule is CCn1cc(CN2CCC[C@H](c3ccc(Nc4ncccc4C)cn3)C2)cn1. The van der Waals surface area contributed by atoms with Gasteiger partial charge in [-0.15, -0.1) is 0 Å². The first-order valence-electron chi connectivity index (χ1n) is 10.1. The minimum absolute atomic E-state index is 0.487. The summed E-state index contributed by atoms with van der Waals surface area (Å²) >= 11 is 0. The molecule has 4 heterocycles. The van der Waals surface area contributed by atoms with E-state index in [1.54, 1.807) is 6.20 Å². The van der Waals surface area contributed by atoms with Gasteiger partial charge >= 0.3 is 0 Å². The van der Waals surface area contributed by atoms with Gasteiger partial charge in [-0.2, -0.15) is 5.10 Å². The summed E-state index contributed by atoms with van der Waals surface area (Å²) in [5, 5.41) is 7.75. The fraction of sp³-hybridized carbons (Fsp3) is 0.409. The van der Waals surface area contributed by atoms with Crippen molar-refractivity contribution in [2.45, 2.75) is 45.7 Å². The molecule has 146 valence electrons. The van der Waals surface area contributed by atoms with Crippen LogP contribution in [0.25, 0.3) is 0 Å². The number of nitrogens with zero attached hydrogens (tertiary/aromatic N) is 5. The fourth-order valence-electron chi connectivity index (χ4n) is 3.83. The highest BCUT2D eigenvalue weighted by Gasteiger charge is 2.22. The number of piperidine rings is 1. The molecule has 1 N–H and O–H groups in total. The summed E-state index contributed by atoms with van der Waals surface area (Å²) in [6.45, 7) is 8.26. The highest BCUT2D eigenvalue weighted by atomic mass is 15.3. The number of likely N-dealkylation sites (tertiary alicyclic amines) is 1. The van der Waals surface area contributed by atoms with Crippen molar-refractivity contribution >= 4 is 11.5 Å². The number of nitrogens with one attached hydrogen (secondary N) is 1. The van der Waals surface area contributed by atoms with Crippen molar-refractivity contribution in [1.29, 1.82) is 0 Å². The molecule has 0 unspecified atom stereocenters. The summed E-state index contributed by atoms with van der Waals surface area (Å²) in [7, 11) is 0. The molecule has 3 aromatic heterocycles. The van der Waals surface area contributed by atoms with Crippen LogP contribution in [0.5, 0.6) is 0 Å². The Labute approximate surface area is 166 Å². The predicted molar refractivity (Wildman–Crippen MR) is 112 cm³/mol. The van der Waals surface area contributed by atoms with E-state index in [1.807, 2.05) is 23.1 Å². The number of hydrogen-bond donors (Lipinski definition) is 1. The van der Waals surface area contributed by atoms with Crippen LogP contribution in [0.2, 0.25) is 0 Å². The zero-order chi connectivity index (χ0) is 19.3. The number of aromatic nitrogens is 4. The standard InChI is InChI=1S/C22H28N6/c1-3-28-15-18(12-25-28)14-27-11-5-7-19(16-27)21-9-8-20(13-24-21)26-22-17(2)6-4-10-23-22/h4,6,8-10,12-13,15,19H,3,5,7,11,14,16H2,1-2H3,(H,23,26)/t19-/m0/s1. The average molecular weight is 377 g/mol. The van der Waals surface area contributed by atoms with Gasteiger partial charge in [0, 0.05) is 49.2 Å². The molecule has 1 fully saturated rings. The van der Waals surface area contributed by atoms with E-state index >= 15 is 0 Å². The minimum atomic E-state index is 0.487. The lowest BCUT2D eigenvalue weighted by molar-refractivity contribution is 0.198. The van der Waals surface area contributed by atoms with Crippen molar-refractivity contribution in [2.75, 3.05) is 18.4 Å². The molecular formula is C22H28N6. The van der Waals surface area contributed by atoms with E-state index in [9.17, 15) is 0 Å². The molecule has 4 rings (SSSR count). The number of anilines is 2. The Kier molecular flexibility index (Phi) is 5.67. The molecule has 6 nitrogen and oxygen atoms in total. The van der Waals surface area contributed by atoms with E-state index in [0.29, 0.717) is 5.92 Å². The van der Waals surface area contributed by atoms with Crippen molar-refractivity contribution in [3.63, 3.8) is 0 Å². The van der Waals surface area contributed by atoms with Crippen LogP contribution in [0, 0.1) is 6.92 Å². The molecule has 6 heteroatoms. The topological polar surface area (TPSA) is 58.9 Å². The largest absolute Gasteiger partial charge is 0.339 e. The van der Waals surface area contributed by atoms with Gasteiger partial charge < -0.3 is 5.32 Å². The summed E-state index contributed by atoms with van der Waals surface area (Å²) in [5.74, 6) is 1.37. The molecule has 3 aromatic rings. The number of aryl methyl sites for hydroxylation is 2. The van der Waals surface area contributed by atoms with Crippen LogP contribution in [0.1, 0.15) is 42.5 Å². The molecule has 0 aromatic carbocycles. The molecular weight excluding hydrogens is 348 g/mol. The smallest absolute Gasteiger partial charge is 0.133 e. The molecule has 1 saturated heterocycles. The maximum atomic E-state index is 4.75. The molecule has 0 bridgehead atoms. The second kappa shape index (κ2) is 8.52. The van der Waals surface area contributed by atoms with Crippen LogP contribution >= 0.6 is 0 Å². The van der Waals surface area contributed by atoms with Crippen LogP contribution < -0.4 is 5.32 Å². The Balaban J connectivity index is 1.38. The van der Waals surface area contributed by atoms with Gasteiger partial charge in [-0.1, -0.05) is 6.07 Å². The minimum Gasteiger partial charge on any atom is -0.339 e. The lowest BCUT2D eigenvalue weighted by Gasteiger charge is -2.32. The summed E-state index contributed by atoms with van der Waals surface area (Å²) < 4.78 is 1.99. The zero-order valence-corrected chi connectivity index (χ0v) is 16.7. The molecule has 0 spiro atoms. The molecule has 1 atom stereocenters. The van der Waals surface area contributed by atoms with E-state index in [1.165, 1.54) is 24.1 Å². The molecule has 0 radical (unpaired) electrons. The van der Waals surface area contributed by atoms with Crippen molar-refractivity contribution in [2.24, 2.45) is 0 Å². The summed E-state index contributed by atoms with van der Waals surface area (Å²) in [6.07, 6.45) is 10.3. The Morgan fingerprint density at radius 3 is 2.86 bits per heavy atom. The lowest BCUT2D eigenvalue weighted by Crippen LogP contribution is -2.34. The molecule has 1 aliphatic rings. The second-order valence-corrected chi connectivity index (χ2v) is 7.54. The van der Waals surface area contributed by atoms with Crippen LogP contribution in [-0.2, 0) is 13.1 Å². The highest BCUT2D eigenvalue weighted by molar-refractivity contribution is 5.57. The quantitative estimate of drug-likeness (QED) is 0.701. The first kappa shape index (κ1) is 18.6. The monoisotopic (exact) mass is 376 g/mol. The highest BCUT2D eigenvalue weighted by Crippen LogP contribution is 2.27. The van der Waals surface area contributed by atoms with Crippen molar-refractivity contribution in [1.82, 2.24) is 24.6 Å². The molecule has 28 heavy (non-hydrogen) atoms. The lowest BCUT2D eigenvalue weighted by atomic mass is 9.94. The summed E-state index contributed by atoms with van der Waals surface area (Å²) in [6, 6.07) is 8.27. The maximum absolute atomic E-state index is 4.75. The third kappa shape index (κ3) is 4.39. The molecule has 0 saturated carbocycles. The fourth-order valence-corrected chi connectivity index (χ4v) is 3.83. The van der Waals surface area contributed by atoms with Gasteiger partial charge in [0.1, 0.15) is 5.82 Å². The summed E-state index contributed by atoms with van der Waals surface area (Å²) in [5.41, 5.74) is 4.57. The Bertz CT molecular complexity index is 901. The maximum Gasteiger partial charge on any atom is 0.133 e. The van der Waals surface area contributed by atoms with Gasteiger partial charge in [0.25, 0.3) is 0 Å². The molecule has 1 aliphatic heterocycles. The van der Waals surface area contributed by atoms with Crippen LogP contribution in [0.4, 0.5) is 11.5 Å². The van der Waals surface area contributed by atoms with Gasteiger partial charge in [0.15, 0.2) is 0 Å². The van der Waals surface area contributed by atoms with E-state index < -0.39 is 0 Å². The second-order valence-electron chi connectivity index (χ2n) is 7.54.